The van der Waals surface area contributed by atoms with Crippen LogP contribution in [0.25, 0.3) is 11.0 Å². The number of carbonyl (C=O) groups excluding carboxylic acids is 1. The van der Waals surface area contributed by atoms with E-state index in [4.69, 9.17) is 0 Å². The lowest BCUT2D eigenvalue weighted by atomic mass is 9.97. The fourth-order valence-electron chi connectivity index (χ4n) is 3.64. The van der Waals surface area contributed by atoms with E-state index in [0.717, 1.165) is 43.5 Å². The molecule has 0 saturated carbocycles. The summed E-state index contributed by atoms with van der Waals surface area (Å²) in [6.45, 7) is 5.26. The highest BCUT2D eigenvalue weighted by molar-refractivity contribution is 5.81. The number of piperidine rings is 1. The van der Waals surface area contributed by atoms with Crippen LogP contribution in [0.5, 0.6) is 0 Å². The number of para-hydroxylation sites is 2. The van der Waals surface area contributed by atoms with Gasteiger partial charge in [-0.15, -0.1) is 0 Å². The quantitative estimate of drug-likeness (QED) is 0.898. The number of hydrogen-bond donors (Lipinski definition) is 1. The molecule has 0 radical (unpaired) electrons. The predicted molar refractivity (Wildman–Crippen MR) is 95.1 cm³/mol. The van der Waals surface area contributed by atoms with Crippen molar-refractivity contribution < 1.29 is 4.79 Å². The third kappa shape index (κ3) is 3.11. The van der Waals surface area contributed by atoms with Crippen LogP contribution in [0.2, 0.25) is 0 Å². The Morgan fingerprint density at radius 3 is 2.38 bits per heavy atom. The predicted octanol–water partition coefficient (Wildman–Crippen LogP) is 1.28. The van der Waals surface area contributed by atoms with Crippen LogP contribution in [0, 0.1) is 5.92 Å². The summed E-state index contributed by atoms with van der Waals surface area (Å²) in [5, 5.41) is 3.21. The van der Waals surface area contributed by atoms with Gasteiger partial charge < -0.3 is 10.2 Å². The van der Waals surface area contributed by atoms with Crippen molar-refractivity contribution in [2.24, 2.45) is 5.92 Å². The summed E-state index contributed by atoms with van der Waals surface area (Å²) in [5.41, 5.74) is 1.63. The Balaban J connectivity index is 1.77. The monoisotopic (exact) mass is 330 g/mol. The molecule has 1 aromatic carbocycles. The van der Waals surface area contributed by atoms with Crippen LogP contribution < -0.4 is 11.0 Å². The molecule has 0 unspecified atom stereocenters. The van der Waals surface area contributed by atoms with Gasteiger partial charge in [0.05, 0.1) is 11.0 Å². The minimum Gasteiger partial charge on any atom is -0.341 e. The highest BCUT2D eigenvalue weighted by Crippen LogP contribution is 2.18. The molecule has 6 nitrogen and oxygen atoms in total. The van der Waals surface area contributed by atoms with Crippen LogP contribution in [0.1, 0.15) is 19.8 Å². The maximum absolute atomic E-state index is 12.7. The van der Waals surface area contributed by atoms with Crippen LogP contribution in [0.4, 0.5) is 0 Å². The summed E-state index contributed by atoms with van der Waals surface area (Å²) in [6.07, 6.45) is 2.05. The maximum Gasteiger partial charge on any atom is 0.329 e. The number of nitrogens with zero attached hydrogens (tertiary/aromatic N) is 3. The second kappa shape index (κ2) is 7.21. The fraction of sp³-hybridized carbons (Fsp3) is 0.556. The summed E-state index contributed by atoms with van der Waals surface area (Å²) in [4.78, 5) is 27.2. The highest BCUT2D eigenvalue weighted by atomic mass is 16.2. The second-order valence-corrected chi connectivity index (χ2v) is 6.48. The topological polar surface area (TPSA) is 59.3 Å². The van der Waals surface area contributed by atoms with Crippen molar-refractivity contribution >= 4 is 16.9 Å². The molecule has 24 heavy (non-hydrogen) atoms. The number of amides is 1. The lowest BCUT2D eigenvalue weighted by Crippen LogP contribution is -2.43. The van der Waals surface area contributed by atoms with Gasteiger partial charge in [-0.1, -0.05) is 12.1 Å². The van der Waals surface area contributed by atoms with Crippen LogP contribution in [-0.4, -0.2) is 46.6 Å². The lowest BCUT2D eigenvalue weighted by molar-refractivity contribution is -0.133. The molecule has 1 amide bonds. The first-order chi connectivity index (χ1) is 11.7. The van der Waals surface area contributed by atoms with Crippen LogP contribution in [-0.2, 0) is 17.9 Å². The van der Waals surface area contributed by atoms with Gasteiger partial charge in [-0.2, -0.15) is 0 Å². The summed E-state index contributed by atoms with van der Waals surface area (Å²) >= 11 is 0. The van der Waals surface area contributed by atoms with E-state index in [1.54, 1.807) is 9.13 Å². The number of likely N-dealkylation sites (tertiary alicyclic amines) is 1. The maximum atomic E-state index is 12.7. The molecule has 1 aliphatic rings. The number of fused-ring (bicyclic) bond motifs is 1. The largest absolute Gasteiger partial charge is 0.341 e. The zero-order valence-electron chi connectivity index (χ0n) is 14.5. The van der Waals surface area contributed by atoms with Crippen LogP contribution in [0.3, 0.4) is 0 Å². The van der Waals surface area contributed by atoms with Gasteiger partial charge >= 0.3 is 5.69 Å². The molecule has 0 aliphatic carbocycles. The molecule has 6 heteroatoms. The van der Waals surface area contributed by atoms with E-state index in [9.17, 15) is 9.59 Å². The van der Waals surface area contributed by atoms with Crippen molar-refractivity contribution in [3.8, 4) is 0 Å². The first kappa shape index (κ1) is 16.8. The zero-order valence-corrected chi connectivity index (χ0v) is 14.5. The molecule has 0 spiro atoms. The summed E-state index contributed by atoms with van der Waals surface area (Å²) in [7, 11) is 1.97. The Bertz CT molecular complexity index is 769. The van der Waals surface area contributed by atoms with E-state index >= 15 is 0 Å². The van der Waals surface area contributed by atoms with Gasteiger partial charge in [0.25, 0.3) is 0 Å². The minimum absolute atomic E-state index is 0.0408. The van der Waals surface area contributed by atoms with E-state index in [2.05, 4.69) is 5.32 Å². The Morgan fingerprint density at radius 2 is 1.79 bits per heavy atom. The van der Waals surface area contributed by atoms with Crippen molar-refractivity contribution in [1.29, 1.82) is 0 Å². The Kier molecular flexibility index (Phi) is 5.04. The summed E-state index contributed by atoms with van der Waals surface area (Å²) in [6, 6.07) is 7.68. The average molecular weight is 330 g/mol. The second-order valence-electron chi connectivity index (χ2n) is 6.48. The van der Waals surface area contributed by atoms with E-state index in [0.29, 0.717) is 12.5 Å². The van der Waals surface area contributed by atoms with Gasteiger partial charge in [-0.25, -0.2) is 4.79 Å². The van der Waals surface area contributed by atoms with Gasteiger partial charge in [0.15, 0.2) is 0 Å². The number of rotatable bonds is 5. The van der Waals surface area contributed by atoms with Gasteiger partial charge in [0, 0.05) is 19.6 Å². The molecule has 1 N–H and O–H groups in total. The minimum atomic E-state index is -0.0999. The molecule has 1 fully saturated rings. The van der Waals surface area contributed by atoms with Crippen LogP contribution >= 0.6 is 0 Å². The van der Waals surface area contributed by atoms with E-state index in [1.165, 1.54) is 0 Å². The molecular formula is C18H26N4O2. The van der Waals surface area contributed by atoms with Gasteiger partial charge in [0.2, 0.25) is 5.91 Å². The van der Waals surface area contributed by atoms with Crippen molar-refractivity contribution in [3.63, 3.8) is 0 Å². The number of aryl methyl sites for hydroxylation is 1. The molecule has 3 rings (SSSR count). The van der Waals surface area contributed by atoms with Gasteiger partial charge in [-0.05, 0) is 51.4 Å². The number of hydrogen-bond acceptors (Lipinski definition) is 3. The molecular weight excluding hydrogens is 304 g/mol. The SMILES string of the molecule is CCn1c(=O)n(CC(=O)N2CCC(CNC)CC2)c2ccccc21. The van der Waals surface area contributed by atoms with E-state index < -0.39 is 0 Å². The zero-order chi connectivity index (χ0) is 17.1. The molecule has 0 bridgehead atoms. The fourth-order valence-corrected chi connectivity index (χ4v) is 3.64. The molecule has 130 valence electrons. The standard InChI is InChI=1S/C18H26N4O2/c1-3-21-15-6-4-5-7-16(15)22(18(21)24)13-17(23)20-10-8-14(9-11-20)12-19-2/h4-7,14,19H,3,8-13H2,1-2H3. The van der Waals surface area contributed by atoms with Crippen molar-refractivity contribution in [3.05, 3.63) is 34.7 Å². The first-order valence-electron chi connectivity index (χ1n) is 8.76. The van der Waals surface area contributed by atoms with Crippen molar-refractivity contribution in [2.75, 3.05) is 26.7 Å². The van der Waals surface area contributed by atoms with E-state index in [-0.39, 0.29) is 18.1 Å². The summed E-state index contributed by atoms with van der Waals surface area (Å²) < 4.78 is 3.34. The van der Waals surface area contributed by atoms with Gasteiger partial charge in [-0.3, -0.25) is 13.9 Å². The lowest BCUT2D eigenvalue weighted by Gasteiger charge is -2.32. The number of nitrogens with one attached hydrogen (secondary N) is 1. The van der Waals surface area contributed by atoms with Crippen LogP contribution in [0.15, 0.2) is 29.1 Å². The highest BCUT2D eigenvalue weighted by Gasteiger charge is 2.23. The third-order valence-corrected chi connectivity index (χ3v) is 4.99. The van der Waals surface area contributed by atoms with Crippen molar-refractivity contribution in [1.82, 2.24) is 19.4 Å². The van der Waals surface area contributed by atoms with Crippen molar-refractivity contribution in [2.45, 2.75) is 32.9 Å². The Hall–Kier alpha value is -2.08. The van der Waals surface area contributed by atoms with E-state index in [1.807, 2.05) is 43.1 Å². The number of benzene rings is 1. The number of imidazole rings is 1. The third-order valence-electron chi connectivity index (χ3n) is 4.99. The number of aromatic nitrogens is 2. The Morgan fingerprint density at radius 1 is 1.17 bits per heavy atom. The summed E-state index contributed by atoms with van der Waals surface area (Å²) in [5.74, 6) is 0.683. The Labute approximate surface area is 142 Å². The van der Waals surface area contributed by atoms with Gasteiger partial charge in [0.1, 0.15) is 6.54 Å². The molecule has 2 heterocycles. The smallest absolute Gasteiger partial charge is 0.329 e. The molecule has 1 aliphatic heterocycles. The molecule has 1 saturated heterocycles. The molecule has 1 aromatic heterocycles. The first-order valence-corrected chi connectivity index (χ1v) is 8.76. The average Bonchev–Trinajstić information content (AvgIpc) is 2.87. The number of carbonyl (C=O) groups is 1. The molecule has 2 aromatic rings. The molecule has 0 atom stereocenters. The normalized spacial score (nSPS) is 16.0.